The number of aliphatic carboxylic acids is 1. The van der Waals surface area contributed by atoms with E-state index in [1.54, 1.807) is 4.90 Å². The Morgan fingerprint density at radius 3 is 2.54 bits per heavy atom. The van der Waals surface area contributed by atoms with Crippen LogP contribution in [0, 0.1) is 0 Å². The monoisotopic (exact) mass is 331 g/mol. The van der Waals surface area contributed by atoms with Crippen molar-refractivity contribution in [3.63, 3.8) is 0 Å². The third-order valence-electron chi connectivity index (χ3n) is 4.55. The molecule has 3 rings (SSSR count). The molecular formula is C17H21N3O4. The SMILES string of the molecule is O=C(O)CCC(=O)N1CCN2C(=O)N(Cc3ccccc3)C[C@H]2C1. The van der Waals surface area contributed by atoms with Crippen molar-refractivity contribution in [1.29, 1.82) is 0 Å². The zero-order chi connectivity index (χ0) is 17.1. The minimum absolute atomic E-state index is 0.0104. The topological polar surface area (TPSA) is 81.2 Å². The standard InChI is InChI=1S/C17H21N3O4/c21-15(6-7-16(22)23)18-8-9-20-14(11-18)12-19(17(20)24)10-13-4-2-1-3-5-13/h1-5,14H,6-12H2,(H,22,23)/t14-/m1/s1. The minimum atomic E-state index is -0.966. The maximum Gasteiger partial charge on any atom is 0.320 e. The van der Waals surface area contributed by atoms with Crippen molar-refractivity contribution in [3.8, 4) is 0 Å². The molecule has 2 fully saturated rings. The maximum absolute atomic E-state index is 12.5. The summed E-state index contributed by atoms with van der Waals surface area (Å²) in [6, 6.07) is 9.83. The van der Waals surface area contributed by atoms with E-state index in [1.807, 2.05) is 40.1 Å². The fraction of sp³-hybridized carbons (Fsp3) is 0.471. The lowest BCUT2D eigenvalue weighted by Crippen LogP contribution is -2.53. The Bertz CT molecular complexity index is 634. The van der Waals surface area contributed by atoms with Crippen molar-refractivity contribution >= 4 is 17.9 Å². The van der Waals surface area contributed by atoms with Crippen LogP contribution in [0.15, 0.2) is 30.3 Å². The summed E-state index contributed by atoms with van der Waals surface area (Å²) >= 11 is 0. The van der Waals surface area contributed by atoms with E-state index in [2.05, 4.69) is 0 Å². The quantitative estimate of drug-likeness (QED) is 0.873. The normalized spacial score (nSPS) is 20.2. The number of hydrogen-bond acceptors (Lipinski definition) is 3. The molecule has 2 heterocycles. The van der Waals surface area contributed by atoms with Gasteiger partial charge in [-0.3, -0.25) is 9.59 Å². The summed E-state index contributed by atoms with van der Waals surface area (Å²) < 4.78 is 0. The molecule has 2 saturated heterocycles. The van der Waals surface area contributed by atoms with E-state index < -0.39 is 5.97 Å². The molecule has 1 aromatic carbocycles. The molecule has 0 aromatic heterocycles. The zero-order valence-corrected chi connectivity index (χ0v) is 13.4. The molecule has 0 radical (unpaired) electrons. The summed E-state index contributed by atoms with van der Waals surface area (Å²) in [6.45, 7) is 2.62. The van der Waals surface area contributed by atoms with Gasteiger partial charge in [-0.1, -0.05) is 30.3 Å². The van der Waals surface area contributed by atoms with Crippen molar-refractivity contribution in [2.45, 2.75) is 25.4 Å². The average molecular weight is 331 g/mol. The molecule has 1 aromatic rings. The first-order chi connectivity index (χ1) is 11.5. The van der Waals surface area contributed by atoms with Crippen LogP contribution in [-0.4, -0.2) is 69.9 Å². The van der Waals surface area contributed by atoms with Crippen molar-refractivity contribution in [2.75, 3.05) is 26.2 Å². The van der Waals surface area contributed by atoms with Gasteiger partial charge in [0.1, 0.15) is 0 Å². The number of fused-ring (bicyclic) bond motifs is 1. The summed E-state index contributed by atoms with van der Waals surface area (Å²) in [5.74, 6) is -1.11. The van der Waals surface area contributed by atoms with Crippen LogP contribution in [0.5, 0.6) is 0 Å². The van der Waals surface area contributed by atoms with Crippen LogP contribution in [0.2, 0.25) is 0 Å². The van der Waals surface area contributed by atoms with Crippen LogP contribution in [0.3, 0.4) is 0 Å². The number of carbonyl (C=O) groups excluding carboxylic acids is 2. The predicted molar refractivity (Wildman–Crippen MR) is 86.2 cm³/mol. The van der Waals surface area contributed by atoms with Gasteiger partial charge in [-0.2, -0.15) is 0 Å². The minimum Gasteiger partial charge on any atom is -0.481 e. The Balaban J connectivity index is 1.58. The third kappa shape index (κ3) is 3.50. The van der Waals surface area contributed by atoms with Gasteiger partial charge in [-0.25, -0.2) is 4.79 Å². The summed E-state index contributed by atoms with van der Waals surface area (Å²) in [7, 11) is 0. The van der Waals surface area contributed by atoms with Gasteiger partial charge in [0.25, 0.3) is 0 Å². The highest BCUT2D eigenvalue weighted by molar-refractivity contribution is 5.82. The average Bonchev–Trinajstić information content (AvgIpc) is 2.89. The molecule has 1 atom stereocenters. The van der Waals surface area contributed by atoms with Crippen LogP contribution in [-0.2, 0) is 16.1 Å². The van der Waals surface area contributed by atoms with Gasteiger partial charge in [0, 0.05) is 39.1 Å². The molecule has 128 valence electrons. The van der Waals surface area contributed by atoms with E-state index in [0.717, 1.165) is 5.56 Å². The van der Waals surface area contributed by atoms with Gasteiger partial charge in [0.2, 0.25) is 5.91 Å². The number of carbonyl (C=O) groups is 3. The first-order valence-corrected chi connectivity index (χ1v) is 8.13. The number of carboxylic acid groups (broad SMARTS) is 1. The molecular weight excluding hydrogens is 310 g/mol. The molecule has 0 unspecified atom stereocenters. The first-order valence-electron chi connectivity index (χ1n) is 8.13. The lowest BCUT2D eigenvalue weighted by molar-refractivity contribution is -0.141. The lowest BCUT2D eigenvalue weighted by atomic mass is 10.1. The third-order valence-corrected chi connectivity index (χ3v) is 4.55. The fourth-order valence-corrected chi connectivity index (χ4v) is 3.31. The number of amides is 3. The van der Waals surface area contributed by atoms with Crippen molar-refractivity contribution in [3.05, 3.63) is 35.9 Å². The molecule has 24 heavy (non-hydrogen) atoms. The number of nitrogens with zero attached hydrogens (tertiary/aromatic N) is 3. The Hall–Kier alpha value is -2.57. The van der Waals surface area contributed by atoms with E-state index >= 15 is 0 Å². The highest BCUT2D eigenvalue weighted by atomic mass is 16.4. The van der Waals surface area contributed by atoms with Crippen molar-refractivity contribution < 1.29 is 19.5 Å². The van der Waals surface area contributed by atoms with Gasteiger partial charge in [0.15, 0.2) is 0 Å². The molecule has 7 heteroatoms. The second kappa shape index (κ2) is 6.90. The molecule has 0 spiro atoms. The van der Waals surface area contributed by atoms with Gasteiger partial charge >= 0.3 is 12.0 Å². The first kappa shape index (κ1) is 16.3. The van der Waals surface area contributed by atoms with Gasteiger partial charge in [-0.05, 0) is 5.56 Å². The number of urea groups is 1. The molecule has 0 saturated carbocycles. The highest BCUT2D eigenvalue weighted by Gasteiger charge is 2.41. The number of rotatable bonds is 5. The van der Waals surface area contributed by atoms with E-state index in [-0.39, 0.29) is 30.8 Å². The molecule has 0 aliphatic carbocycles. The van der Waals surface area contributed by atoms with Crippen LogP contribution < -0.4 is 0 Å². The number of hydrogen-bond donors (Lipinski definition) is 1. The largest absolute Gasteiger partial charge is 0.481 e. The number of piperazine rings is 1. The molecule has 7 nitrogen and oxygen atoms in total. The molecule has 1 N–H and O–H groups in total. The molecule has 2 aliphatic heterocycles. The Labute approximate surface area is 140 Å². The number of carboxylic acids is 1. The van der Waals surface area contributed by atoms with E-state index in [9.17, 15) is 14.4 Å². The second-order valence-electron chi connectivity index (χ2n) is 6.23. The Kier molecular flexibility index (Phi) is 4.69. The van der Waals surface area contributed by atoms with Gasteiger partial charge in [0.05, 0.1) is 12.5 Å². The lowest BCUT2D eigenvalue weighted by Gasteiger charge is -2.36. The van der Waals surface area contributed by atoms with Crippen LogP contribution in [0.25, 0.3) is 0 Å². The van der Waals surface area contributed by atoms with Crippen LogP contribution >= 0.6 is 0 Å². The highest BCUT2D eigenvalue weighted by Crippen LogP contribution is 2.23. The summed E-state index contributed by atoms with van der Waals surface area (Å²) in [5, 5.41) is 8.69. The summed E-state index contributed by atoms with van der Waals surface area (Å²) in [6.07, 6.45) is -0.132. The van der Waals surface area contributed by atoms with E-state index in [4.69, 9.17) is 5.11 Å². The van der Waals surface area contributed by atoms with Gasteiger partial charge in [-0.15, -0.1) is 0 Å². The number of benzene rings is 1. The Morgan fingerprint density at radius 1 is 1.08 bits per heavy atom. The van der Waals surface area contributed by atoms with Crippen molar-refractivity contribution in [2.24, 2.45) is 0 Å². The fourth-order valence-electron chi connectivity index (χ4n) is 3.31. The van der Waals surface area contributed by atoms with E-state index in [0.29, 0.717) is 32.7 Å². The molecule has 3 amide bonds. The molecule has 2 aliphatic rings. The predicted octanol–water partition coefficient (Wildman–Crippen LogP) is 1.000. The zero-order valence-electron chi connectivity index (χ0n) is 13.4. The van der Waals surface area contributed by atoms with E-state index in [1.165, 1.54) is 0 Å². The maximum atomic E-state index is 12.5. The van der Waals surface area contributed by atoms with Gasteiger partial charge < -0.3 is 19.8 Å². The van der Waals surface area contributed by atoms with Crippen LogP contribution in [0.4, 0.5) is 4.79 Å². The Morgan fingerprint density at radius 2 is 1.83 bits per heavy atom. The summed E-state index contributed by atoms with van der Waals surface area (Å²) in [5.41, 5.74) is 1.08. The molecule has 0 bridgehead atoms. The smallest absolute Gasteiger partial charge is 0.320 e. The summed E-state index contributed by atoms with van der Waals surface area (Å²) in [4.78, 5) is 40.5. The second-order valence-corrected chi connectivity index (χ2v) is 6.23. The van der Waals surface area contributed by atoms with Crippen molar-refractivity contribution in [1.82, 2.24) is 14.7 Å². The van der Waals surface area contributed by atoms with Crippen LogP contribution in [0.1, 0.15) is 18.4 Å².